The van der Waals surface area contributed by atoms with Crippen molar-refractivity contribution in [1.29, 1.82) is 0 Å². The monoisotopic (exact) mass is 200 g/mol. The molecule has 0 saturated heterocycles. The Kier molecular flexibility index (Phi) is 2.53. The lowest BCUT2D eigenvalue weighted by Gasteiger charge is -2.34. The summed E-state index contributed by atoms with van der Waals surface area (Å²) in [6, 6.07) is 4.07. The number of aryl methyl sites for hydroxylation is 1. The molecule has 15 heavy (non-hydrogen) atoms. The second-order valence-electron chi connectivity index (χ2n) is 4.99. The first-order valence-electron chi connectivity index (χ1n) is 5.51. The summed E-state index contributed by atoms with van der Waals surface area (Å²) in [6.07, 6.45) is 3.59. The Morgan fingerprint density at radius 3 is 2.73 bits per heavy atom. The van der Waals surface area contributed by atoms with Gasteiger partial charge in [0.05, 0.1) is 7.11 Å². The highest BCUT2D eigenvalue weighted by atomic mass is 16.5. The number of hydrogen-bond donors (Lipinski definition) is 0. The van der Waals surface area contributed by atoms with E-state index in [1.54, 1.807) is 7.11 Å². The van der Waals surface area contributed by atoms with Crippen molar-refractivity contribution in [3.63, 3.8) is 0 Å². The molecule has 1 aromatic rings. The highest BCUT2D eigenvalue weighted by molar-refractivity contribution is 6.33. The van der Waals surface area contributed by atoms with Crippen molar-refractivity contribution in [3.05, 3.63) is 23.3 Å². The van der Waals surface area contributed by atoms with Crippen LogP contribution in [0.3, 0.4) is 0 Å². The minimum absolute atomic E-state index is 0.212. The van der Waals surface area contributed by atoms with Gasteiger partial charge in [0, 0.05) is 0 Å². The molecule has 0 bridgehead atoms. The van der Waals surface area contributed by atoms with Crippen LogP contribution in [0.1, 0.15) is 37.8 Å². The first-order chi connectivity index (χ1) is 7.04. The summed E-state index contributed by atoms with van der Waals surface area (Å²) in [4.78, 5) is 0. The van der Waals surface area contributed by atoms with Gasteiger partial charge in [0.25, 0.3) is 0 Å². The van der Waals surface area contributed by atoms with Gasteiger partial charge in [0.15, 0.2) is 0 Å². The molecule has 0 saturated carbocycles. The van der Waals surface area contributed by atoms with Crippen LogP contribution in [0.4, 0.5) is 0 Å². The van der Waals surface area contributed by atoms with Crippen molar-refractivity contribution < 1.29 is 4.74 Å². The summed E-state index contributed by atoms with van der Waals surface area (Å²) in [6.45, 7) is 4.54. The molecule has 0 unspecified atom stereocenters. The average Bonchev–Trinajstić information content (AvgIpc) is 2.15. The molecule has 0 amide bonds. The van der Waals surface area contributed by atoms with Gasteiger partial charge in [-0.25, -0.2) is 0 Å². The number of methoxy groups -OCH3 is 1. The molecule has 0 N–H and O–H groups in total. The molecule has 2 heteroatoms. The van der Waals surface area contributed by atoms with E-state index in [9.17, 15) is 0 Å². The molecule has 0 atom stereocenters. The van der Waals surface area contributed by atoms with E-state index in [1.807, 2.05) is 6.07 Å². The Morgan fingerprint density at radius 2 is 2.07 bits per heavy atom. The second kappa shape index (κ2) is 3.59. The predicted molar refractivity (Wildman–Crippen MR) is 64.3 cm³/mol. The standard InChI is InChI=1S/C13H17BO/c1-13(2)6-4-5-9-7-10(15-3)8-11(14)12(9)13/h7-8H,4-6H2,1-3H3. The van der Waals surface area contributed by atoms with Gasteiger partial charge >= 0.3 is 0 Å². The van der Waals surface area contributed by atoms with E-state index < -0.39 is 0 Å². The van der Waals surface area contributed by atoms with Crippen LogP contribution in [0.5, 0.6) is 5.75 Å². The van der Waals surface area contributed by atoms with Gasteiger partial charge in [-0.2, -0.15) is 0 Å². The van der Waals surface area contributed by atoms with Gasteiger partial charge < -0.3 is 4.74 Å². The molecule has 78 valence electrons. The quantitative estimate of drug-likeness (QED) is 0.631. The fourth-order valence-electron chi connectivity index (χ4n) is 2.68. The number of hydrogen-bond acceptors (Lipinski definition) is 1. The zero-order valence-electron chi connectivity index (χ0n) is 9.76. The van der Waals surface area contributed by atoms with Gasteiger partial charge in [0.1, 0.15) is 13.6 Å². The molecule has 0 aliphatic heterocycles. The molecule has 0 aromatic heterocycles. The molecule has 0 fully saturated rings. The number of benzene rings is 1. The normalized spacial score (nSPS) is 18.3. The van der Waals surface area contributed by atoms with Crippen LogP contribution in [0, 0.1) is 0 Å². The molecule has 1 aromatic carbocycles. The van der Waals surface area contributed by atoms with Crippen LogP contribution in [0.2, 0.25) is 0 Å². The maximum atomic E-state index is 6.11. The van der Waals surface area contributed by atoms with Gasteiger partial charge in [-0.05, 0) is 47.9 Å². The van der Waals surface area contributed by atoms with Crippen LogP contribution in [0.15, 0.2) is 12.1 Å². The SMILES string of the molecule is [B]c1cc(OC)cc2c1C(C)(C)CCC2. The second-order valence-corrected chi connectivity index (χ2v) is 4.99. The maximum absolute atomic E-state index is 6.11. The topological polar surface area (TPSA) is 9.23 Å². The summed E-state index contributed by atoms with van der Waals surface area (Å²) in [5, 5.41) is 0. The number of fused-ring (bicyclic) bond motifs is 1. The molecule has 2 radical (unpaired) electrons. The van der Waals surface area contributed by atoms with E-state index in [4.69, 9.17) is 12.6 Å². The van der Waals surface area contributed by atoms with Crippen molar-refractivity contribution >= 4 is 13.3 Å². The maximum Gasteiger partial charge on any atom is 0.118 e. The molecule has 1 aliphatic rings. The first kappa shape index (κ1) is 10.6. The Balaban J connectivity index is 2.58. The molecular formula is C13H17BO. The predicted octanol–water partition coefficient (Wildman–Crippen LogP) is 2.10. The van der Waals surface area contributed by atoms with Crippen LogP contribution >= 0.6 is 0 Å². The number of rotatable bonds is 1. The number of ether oxygens (including phenoxy) is 1. The van der Waals surface area contributed by atoms with Crippen LogP contribution in [-0.4, -0.2) is 15.0 Å². The zero-order chi connectivity index (χ0) is 11.1. The third-order valence-electron chi connectivity index (χ3n) is 3.38. The Hall–Kier alpha value is -0.915. The van der Waals surface area contributed by atoms with E-state index in [-0.39, 0.29) is 5.41 Å². The lowest BCUT2D eigenvalue weighted by molar-refractivity contribution is 0.407. The van der Waals surface area contributed by atoms with Crippen molar-refractivity contribution in [2.24, 2.45) is 0 Å². The van der Waals surface area contributed by atoms with E-state index in [0.29, 0.717) is 0 Å². The van der Waals surface area contributed by atoms with Crippen molar-refractivity contribution in [2.45, 2.75) is 38.5 Å². The highest BCUT2D eigenvalue weighted by Crippen LogP contribution is 2.36. The first-order valence-corrected chi connectivity index (χ1v) is 5.51. The smallest absolute Gasteiger partial charge is 0.118 e. The van der Waals surface area contributed by atoms with Crippen molar-refractivity contribution in [1.82, 2.24) is 0 Å². The molecule has 0 heterocycles. The summed E-state index contributed by atoms with van der Waals surface area (Å²) >= 11 is 0. The summed E-state index contributed by atoms with van der Waals surface area (Å²) < 4.78 is 5.25. The van der Waals surface area contributed by atoms with Gasteiger partial charge in [-0.3, -0.25) is 0 Å². The fraction of sp³-hybridized carbons (Fsp3) is 0.538. The average molecular weight is 200 g/mol. The highest BCUT2D eigenvalue weighted by Gasteiger charge is 2.28. The molecule has 1 nitrogen and oxygen atoms in total. The van der Waals surface area contributed by atoms with E-state index in [0.717, 1.165) is 17.6 Å². The molecule has 1 aliphatic carbocycles. The van der Waals surface area contributed by atoms with E-state index in [1.165, 1.54) is 24.0 Å². The van der Waals surface area contributed by atoms with Gasteiger partial charge in [0.2, 0.25) is 0 Å². The summed E-state index contributed by atoms with van der Waals surface area (Å²) in [5.74, 6) is 0.879. The molecule has 2 rings (SSSR count). The Labute approximate surface area is 93.2 Å². The lowest BCUT2D eigenvalue weighted by atomic mass is 9.67. The van der Waals surface area contributed by atoms with Crippen molar-refractivity contribution in [2.75, 3.05) is 7.11 Å². The van der Waals surface area contributed by atoms with E-state index >= 15 is 0 Å². The summed E-state index contributed by atoms with van der Waals surface area (Å²) in [5.41, 5.74) is 3.79. The van der Waals surface area contributed by atoms with Crippen molar-refractivity contribution in [3.8, 4) is 5.75 Å². The van der Waals surface area contributed by atoms with Crippen LogP contribution in [-0.2, 0) is 11.8 Å². The molecular weight excluding hydrogens is 183 g/mol. The van der Waals surface area contributed by atoms with Crippen LogP contribution in [0.25, 0.3) is 0 Å². The van der Waals surface area contributed by atoms with Gasteiger partial charge in [-0.15, -0.1) is 0 Å². The fourth-order valence-corrected chi connectivity index (χ4v) is 2.68. The minimum Gasteiger partial charge on any atom is -0.497 e. The largest absolute Gasteiger partial charge is 0.497 e. The Morgan fingerprint density at radius 1 is 1.33 bits per heavy atom. The van der Waals surface area contributed by atoms with Gasteiger partial charge in [-0.1, -0.05) is 19.3 Å². The van der Waals surface area contributed by atoms with E-state index in [2.05, 4.69) is 19.9 Å². The molecule has 0 spiro atoms. The summed E-state index contributed by atoms with van der Waals surface area (Å²) in [7, 11) is 7.80. The lowest BCUT2D eigenvalue weighted by Crippen LogP contribution is -2.31. The minimum atomic E-state index is 0.212. The third-order valence-corrected chi connectivity index (χ3v) is 3.38. The zero-order valence-corrected chi connectivity index (χ0v) is 9.76. The third kappa shape index (κ3) is 1.78. The van der Waals surface area contributed by atoms with Crippen LogP contribution < -0.4 is 10.2 Å². The Bertz CT molecular complexity index is 382.